The molecule has 3 rings (SSSR count). The number of halogens is 2. The fourth-order valence-corrected chi connectivity index (χ4v) is 3.01. The maximum Gasteiger partial charge on any atom is 0.466 e. The number of aromatic amines is 1. The molecule has 0 unspecified atom stereocenters. The minimum Gasteiger partial charge on any atom is -0.398 e. The summed E-state index contributed by atoms with van der Waals surface area (Å²) in [6.45, 7) is 1.98. The van der Waals surface area contributed by atoms with Crippen molar-refractivity contribution in [2.24, 2.45) is 0 Å². The maximum atomic E-state index is 8.88. The summed E-state index contributed by atoms with van der Waals surface area (Å²) in [5, 5.41) is 1.84. The highest BCUT2D eigenvalue weighted by molar-refractivity contribution is 9.10. The highest BCUT2D eigenvalue weighted by atomic mass is 79.9. The van der Waals surface area contributed by atoms with Crippen molar-refractivity contribution in [2.45, 2.75) is 6.92 Å². The zero-order chi connectivity index (χ0) is 18.1. The van der Waals surface area contributed by atoms with E-state index in [9.17, 15) is 0 Å². The molecule has 24 heavy (non-hydrogen) atoms. The molecule has 3 aromatic rings. The molecular weight excluding hydrogens is 419 g/mol. The van der Waals surface area contributed by atoms with Crippen LogP contribution in [0.2, 0.25) is 5.02 Å². The van der Waals surface area contributed by atoms with Crippen LogP contribution < -0.4 is 5.73 Å². The predicted octanol–water partition coefficient (Wildman–Crippen LogP) is 4.21. The largest absolute Gasteiger partial charge is 0.466 e. The first-order chi connectivity index (χ1) is 11.1. The zero-order valence-corrected chi connectivity index (χ0v) is 15.7. The second kappa shape index (κ2) is 7.27. The van der Waals surface area contributed by atoms with Crippen LogP contribution >= 0.6 is 35.4 Å². The van der Waals surface area contributed by atoms with E-state index in [2.05, 4.69) is 33.0 Å². The predicted molar refractivity (Wildman–Crippen MR) is 99.9 cm³/mol. The van der Waals surface area contributed by atoms with Gasteiger partial charge in [-0.2, -0.15) is 0 Å². The van der Waals surface area contributed by atoms with E-state index in [4.69, 9.17) is 36.6 Å². The Morgan fingerprint density at radius 3 is 2.38 bits per heavy atom. The molecule has 0 aliphatic rings. The second-order valence-electron chi connectivity index (χ2n) is 5.05. The molecule has 0 aliphatic heterocycles. The number of hydrogen-bond donors (Lipinski definition) is 5. The van der Waals surface area contributed by atoms with Crippen molar-refractivity contribution >= 4 is 51.9 Å². The van der Waals surface area contributed by atoms with Crippen LogP contribution in [0.4, 0.5) is 5.69 Å². The van der Waals surface area contributed by atoms with Gasteiger partial charge in [0.2, 0.25) is 0 Å². The normalized spacial score (nSPS) is 11.2. The Morgan fingerprint density at radius 1 is 1.21 bits per heavy atom. The number of phosphoric acid groups is 1. The van der Waals surface area contributed by atoms with Gasteiger partial charge in [0.05, 0.1) is 5.02 Å². The first kappa shape index (κ1) is 19.0. The molecule has 0 fully saturated rings. The van der Waals surface area contributed by atoms with E-state index in [1.165, 1.54) is 0 Å². The molecule has 1 heterocycles. The van der Waals surface area contributed by atoms with Crippen LogP contribution in [0.25, 0.3) is 22.2 Å². The molecule has 2 aromatic carbocycles. The van der Waals surface area contributed by atoms with E-state index in [-0.39, 0.29) is 0 Å². The lowest BCUT2D eigenvalue weighted by Gasteiger charge is -2.11. The van der Waals surface area contributed by atoms with Gasteiger partial charge in [-0.15, -0.1) is 0 Å². The van der Waals surface area contributed by atoms with Gasteiger partial charge in [-0.1, -0.05) is 29.8 Å². The van der Waals surface area contributed by atoms with Crippen LogP contribution in [0, 0.1) is 6.92 Å². The van der Waals surface area contributed by atoms with Gasteiger partial charge in [0.1, 0.15) is 0 Å². The van der Waals surface area contributed by atoms with Crippen LogP contribution in [-0.2, 0) is 4.57 Å². The molecule has 0 saturated heterocycles. The van der Waals surface area contributed by atoms with Crippen LogP contribution in [0.1, 0.15) is 5.56 Å². The Hall–Kier alpha value is -1.34. The first-order valence-electron chi connectivity index (χ1n) is 6.68. The van der Waals surface area contributed by atoms with Gasteiger partial charge in [0.25, 0.3) is 0 Å². The fourth-order valence-electron chi connectivity index (χ4n) is 2.26. The number of H-pyrrole nitrogens is 1. The summed E-state index contributed by atoms with van der Waals surface area (Å²) < 4.78 is 9.69. The maximum absolute atomic E-state index is 8.88. The number of benzene rings is 2. The van der Waals surface area contributed by atoms with E-state index in [1.54, 1.807) is 0 Å². The number of aromatic nitrogens is 1. The third kappa shape index (κ3) is 4.60. The van der Waals surface area contributed by atoms with Crippen molar-refractivity contribution in [1.82, 2.24) is 4.98 Å². The van der Waals surface area contributed by atoms with Crippen LogP contribution in [0.15, 0.2) is 40.9 Å². The van der Waals surface area contributed by atoms with E-state index in [0.717, 1.165) is 37.9 Å². The lowest BCUT2D eigenvalue weighted by atomic mass is 10.0. The lowest BCUT2D eigenvalue weighted by molar-refractivity contribution is 0.275. The molecule has 9 heteroatoms. The molecule has 0 saturated carbocycles. The van der Waals surface area contributed by atoms with Gasteiger partial charge in [-0.3, -0.25) is 0 Å². The molecule has 6 nitrogen and oxygen atoms in total. The summed E-state index contributed by atoms with van der Waals surface area (Å²) in [6.07, 6.45) is 0. The number of para-hydroxylation sites is 1. The van der Waals surface area contributed by atoms with Crippen molar-refractivity contribution in [3.8, 4) is 11.3 Å². The standard InChI is InChI=1S/C15H12BrClN2.H3O4P/c1-8-11(18)7-10(16)15(17)14(8)13-6-9-4-2-3-5-12(9)19-13;1-5(2,3)4/h2-7,19H,18H2,1H3;(H3,1,2,3,4). The number of rotatable bonds is 1. The zero-order valence-electron chi connectivity index (χ0n) is 12.5. The van der Waals surface area contributed by atoms with Crippen molar-refractivity contribution < 1.29 is 19.2 Å². The van der Waals surface area contributed by atoms with Gasteiger partial charge >= 0.3 is 7.82 Å². The minimum atomic E-state index is -4.64. The molecule has 1 aromatic heterocycles. The third-order valence-corrected chi connectivity index (χ3v) is 4.56. The van der Waals surface area contributed by atoms with E-state index in [0.29, 0.717) is 5.02 Å². The monoisotopic (exact) mass is 432 g/mol. The summed E-state index contributed by atoms with van der Waals surface area (Å²) >= 11 is 9.86. The Morgan fingerprint density at radius 2 is 1.79 bits per heavy atom. The van der Waals surface area contributed by atoms with Gasteiger partial charge in [0.15, 0.2) is 0 Å². The molecule has 0 bridgehead atoms. The number of hydrogen-bond acceptors (Lipinski definition) is 2. The third-order valence-electron chi connectivity index (χ3n) is 3.32. The van der Waals surface area contributed by atoms with Crippen molar-refractivity contribution in [1.29, 1.82) is 0 Å². The Labute approximate surface area is 151 Å². The highest BCUT2D eigenvalue weighted by Gasteiger charge is 2.15. The molecule has 0 amide bonds. The quantitative estimate of drug-likeness (QED) is 0.291. The fraction of sp³-hybridized carbons (Fsp3) is 0.0667. The number of fused-ring (bicyclic) bond motifs is 1. The number of nitrogens with two attached hydrogens (primary N) is 1. The van der Waals surface area contributed by atoms with Crippen molar-refractivity contribution in [3.63, 3.8) is 0 Å². The van der Waals surface area contributed by atoms with Gasteiger partial charge < -0.3 is 25.4 Å². The summed E-state index contributed by atoms with van der Waals surface area (Å²) in [4.78, 5) is 24.9. The average Bonchev–Trinajstić information content (AvgIpc) is 2.87. The summed E-state index contributed by atoms with van der Waals surface area (Å²) in [5.41, 5.74) is 10.8. The smallest absolute Gasteiger partial charge is 0.398 e. The average molecular weight is 434 g/mol. The topological polar surface area (TPSA) is 120 Å². The molecule has 0 aliphatic carbocycles. The molecular formula is C15H15BrClN2O4P. The van der Waals surface area contributed by atoms with E-state index < -0.39 is 7.82 Å². The number of nitrogen functional groups attached to an aromatic ring is 1. The number of anilines is 1. The van der Waals surface area contributed by atoms with Gasteiger partial charge in [0, 0.05) is 32.3 Å². The molecule has 0 radical (unpaired) electrons. The summed E-state index contributed by atoms with van der Waals surface area (Å²) in [5.74, 6) is 0. The Balaban J connectivity index is 0.000000368. The Bertz CT molecular complexity index is 871. The Kier molecular flexibility index (Phi) is 5.75. The van der Waals surface area contributed by atoms with Crippen molar-refractivity contribution in [3.05, 3.63) is 51.5 Å². The minimum absolute atomic E-state index is 0.679. The molecule has 0 spiro atoms. The molecule has 6 N–H and O–H groups in total. The van der Waals surface area contributed by atoms with Gasteiger partial charge in [-0.25, -0.2) is 4.57 Å². The summed E-state index contributed by atoms with van der Waals surface area (Å²) in [7, 11) is -4.64. The lowest BCUT2D eigenvalue weighted by Crippen LogP contribution is -1.94. The van der Waals surface area contributed by atoms with E-state index in [1.807, 2.05) is 31.2 Å². The summed E-state index contributed by atoms with van der Waals surface area (Å²) in [6, 6.07) is 12.1. The van der Waals surface area contributed by atoms with Gasteiger partial charge in [-0.05, 0) is 46.6 Å². The van der Waals surface area contributed by atoms with Crippen molar-refractivity contribution in [2.75, 3.05) is 5.73 Å². The first-order valence-corrected chi connectivity index (χ1v) is 9.42. The van der Waals surface area contributed by atoms with Crippen LogP contribution in [0.5, 0.6) is 0 Å². The van der Waals surface area contributed by atoms with Crippen LogP contribution in [-0.4, -0.2) is 19.7 Å². The van der Waals surface area contributed by atoms with Crippen LogP contribution in [0.3, 0.4) is 0 Å². The second-order valence-corrected chi connectivity index (χ2v) is 7.30. The molecule has 128 valence electrons. The highest BCUT2D eigenvalue weighted by Crippen LogP contribution is 2.39. The SMILES string of the molecule is Cc1c(N)cc(Br)c(Cl)c1-c1cc2ccccc2[nH]1.O=P(O)(O)O. The molecule has 0 atom stereocenters. The van der Waals surface area contributed by atoms with E-state index >= 15 is 0 Å². The number of nitrogens with one attached hydrogen (secondary N) is 1.